The summed E-state index contributed by atoms with van der Waals surface area (Å²) < 4.78 is 61.3. The van der Waals surface area contributed by atoms with E-state index in [-0.39, 0.29) is 56.3 Å². The largest absolute Gasteiger partial charge is 0.514 e. The number of ketones is 2. The molecule has 0 radical (unpaired) electrons. The zero-order valence-electron chi connectivity index (χ0n) is 48.0. The average Bonchev–Trinajstić information content (AvgIpc) is 3.46. The van der Waals surface area contributed by atoms with Crippen LogP contribution in [0.1, 0.15) is 132 Å². The van der Waals surface area contributed by atoms with Gasteiger partial charge in [0.2, 0.25) is 6.79 Å². The minimum atomic E-state index is -2.76. The van der Waals surface area contributed by atoms with Crippen molar-refractivity contribution in [3.05, 3.63) is 36.0 Å². The number of aliphatic hydroxyl groups is 2. The minimum Gasteiger partial charge on any atom is -0.462 e. The molecular weight excluding hydrogens is 1050 g/mol. The second kappa shape index (κ2) is 32.2. The van der Waals surface area contributed by atoms with Crippen molar-refractivity contribution in [3.63, 3.8) is 0 Å². The molecule has 1 unspecified atom stereocenters. The van der Waals surface area contributed by atoms with Gasteiger partial charge in [0.1, 0.15) is 37.2 Å². The molecule has 1 saturated carbocycles. The van der Waals surface area contributed by atoms with E-state index < -0.39 is 159 Å². The zero-order valence-corrected chi connectivity index (χ0v) is 48.0. The monoisotopic (exact) mass is 1140 g/mol. The fourth-order valence-electron chi connectivity index (χ4n) is 10.9. The normalized spacial score (nSPS) is 32.2. The van der Waals surface area contributed by atoms with Gasteiger partial charge < -0.3 is 67.2 Å². The highest BCUT2D eigenvalue weighted by Crippen LogP contribution is 2.42. The number of methoxy groups -OCH3 is 3. The first-order valence-corrected chi connectivity index (χ1v) is 27.5. The molecular formula is C57H85NO22. The van der Waals surface area contributed by atoms with Crippen LogP contribution >= 0.6 is 0 Å². The van der Waals surface area contributed by atoms with Gasteiger partial charge in [-0.05, 0) is 95.5 Å². The predicted molar refractivity (Wildman–Crippen MR) is 281 cm³/mol. The van der Waals surface area contributed by atoms with E-state index in [9.17, 15) is 43.8 Å². The van der Waals surface area contributed by atoms with Crippen LogP contribution in [0.15, 0.2) is 36.0 Å². The van der Waals surface area contributed by atoms with Crippen LogP contribution in [0.5, 0.6) is 0 Å². The summed E-state index contributed by atoms with van der Waals surface area (Å²) in [7, 11) is 4.37. The van der Waals surface area contributed by atoms with Gasteiger partial charge in [-0.1, -0.05) is 44.6 Å². The molecule has 3 fully saturated rings. The Morgan fingerprint density at radius 2 is 1.44 bits per heavy atom. The number of ether oxygens (including phenoxy) is 11. The van der Waals surface area contributed by atoms with E-state index >= 15 is 9.59 Å². The predicted octanol–water partition coefficient (Wildman–Crippen LogP) is 5.12. The third-order valence-electron chi connectivity index (χ3n) is 15.2. The number of hydrogen-bond acceptors (Lipinski definition) is 22. The molecule has 1 amide bonds. The number of esters is 5. The van der Waals surface area contributed by atoms with Gasteiger partial charge in [-0.15, -0.1) is 6.58 Å². The highest BCUT2D eigenvalue weighted by molar-refractivity contribution is 6.39. The Labute approximate surface area is 468 Å². The van der Waals surface area contributed by atoms with E-state index in [1.165, 1.54) is 28.3 Å². The molecule has 2 bridgehead atoms. The van der Waals surface area contributed by atoms with Gasteiger partial charge in [-0.3, -0.25) is 33.6 Å². The van der Waals surface area contributed by atoms with Gasteiger partial charge in [0.05, 0.1) is 43.4 Å². The van der Waals surface area contributed by atoms with Crippen LogP contribution in [0, 0.1) is 29.6 Å². The number of hydrogen-bond donors (Lipinski definition) is 2. The summed E-state index contributed by atoms with van der Waals surface area (Å²) in [5.74, 6) is -12.8. The number of nitrogens with zero attached hydrogens (tertiary/aromatic N) is 1. The summed E-state index contributed by atoms with van der Waals surface area (Å²) in [5, 5.41) is 22.4. The Bertz CT molecular complexity index is 2210. The number of rotatable bonds is 18. The first kappa shape index (κ1) is 66.9. The standard InChI is InChI=1S/C57H85NO22/c1-12-15-40-23-32(2)22-33(3)24-47(71-10)52-48(72-11)26-35(5)57(79-52,80-56(69)76-31-75-49(64)19-20-50(65)77-41(29-73-37(7)59)30-74-38(8)60)53(66)54(67)58-21-14-13-16-42(58)55(68)78-51(36(6)44(62)28-45(40)63)34(4)25-39-17-18-43(61)46(27-39)70-9/h12,23,25,33,35-36,39-44,46-48,51-52,61-62H,1,13-22,24,26-31H2,2-11H3/b32-23+,34-25+/t33-,35+,36+,39?,40+,42-,43+,44-,46+,47-,48-,51+,52+,57-/m0/s1. The Balaban J connectivity index is 1.71. The van der Waals surface area contributed by atoms with Crippen molar-refractivity contribution in [1.29, 1.82) is 0 Å². The van der Waals surface area contributed by atoms with Gasteiger partial charge in [0.25, 0.3) is 17.5 Å². The van der Waals surface area contributed by atoms with E-state index in [2.05, 4.69) is 6.58 Å². The number of cyclic esters (lactones) is 1. The number of fused-ring (bicyclic) bond motifs is 3. The Kier molecular flexibility index (Phi) is 26.9. The number of carbonyl (C=O) groups is 9. The van der Waals surface area contributed by atoms with Crippen LogP contribution < -0.4 is 0 Å². The van der Waals surface area contributed by atoms with Crippen LogP contribution in [0.3, 0.4) is 0 Å². The fraction of sp³-hybridized carbons (Fsp3) is 0.737. The SMILES string of the molecule is C=CC[C@@H]1/C=C(\C)C[C@H](C)C[C@H](OC)[C@H]2O[C@@](OC(=O)OCOC(=O)CCC(=O)OC(COC(C)=O)COC(C)=O)(C(=O)C(=O)N3CCCC[C@H]3C(=O)O[C@H](/C(C)=C/C3CC[C@@H](O)[C@H](OC)C3)[C@H](C)[C@@H](O)CC1=O)[C@H](C)C[C@@H]2OC. The first-order valence-electron chi connectivity index (χ1n) is 27.5. The van der Waals surface area contributed by atoms with Gasteiger partial charge in [-0.25, -0.2) is 9.59 Å². The third-order valence-corrected chi connectivity index (χ3v) is 15.2. The Morgan fingerprint density at radius 3 is 2.06 bits per heavy atom. The second-order valence-corrected chi connectivity index (χ2v) is 21.6. The van der Waals surface area contributed by atoms with Gasteiger partial charge in [0, 0.05) is 65.9 Å². The molecule has 14 atom stereocenters. The molecule has 23 heteroatoms. The Hall–Kier alpha value is -5.59. The molecule has 80 heavy (non-hydrogen) atoms. The number of allylic oxidation sites excluding steroid dienone is 4. The van der Waals surface area contributed by atoms with Gasteiger partial charge >= 0.3 is 36.0 Å². The number of amides is 1. The number of carbonyl (C=O) groups excluding carboxylic acids is 9. The van der Waals surface area contributed by atoms with E-state index in [1.807, 2.05) is 26.0 Å². The topological polar surface area (TPSA) is 299 Å². The van der Waals surface area contributed by atoms with Crippen LogP contribution in [-0.2, 0) is 90.5 Å². The first-order chi connectivity index (χ1) is 37.9. The molecule has 0 aromatic rings. The summed E-state index contributed by atoms with van der Waals surface area (Å²) in [6.07, 6.45) is -1.82. The van der Waals surface area contributed by atoms with Crippen molar-refractivity contribution in [3.8, 4) is 0 Å². The van der Waals surface area contributed by atoms with Gasteiger partial charge in [-0.2, -0.15) is 0 Å². The molecule has 2 N–H and O–H groups in total. The lowest BCUT2D eigenvalue weighted by Gasteiger charge is -2.48. The van der Waals surface area contributed by atoms with Gasteiger partial charge in [0.15, 0.2) is 6.10 Å². The molecule has 4 rings (SSSR count). The summed E-state index contributed by atoms with van der Waals surface area (Å²) in [6.45, 7) is 12.8. The van der Waals surface area contributed by atoms with Crippen LogP contribution in [0.4, 0.5) is 4.79 Å². The average molecular weight is 1140 g/mol. The molecule has 23 nitrogen and oxygen atoms in total. The molecule has 3 heterocycles. The van der Waals surface area contributed by atoms with Crippen molar-refractivity contribution in [2.24, 2.45) is 29.6 Å². The minimum absolute atomic E-state index is 0.0380. The molecule has 0 aromatic heterocycles. The highest BCUT2D eigenvalue weighted by atomic mass is 16.8. The lowest BCUT2D eigenvalue weighted by molar-refractivity contribution is -0.305. The summed E-state index contributed by atoms with van der Waals surface area (Å²) in [5.41, 5.74) is 1.40. The number of piperidine rings is 1. The smallest absolute Gasteiger partial charge is 0.462 e. The van der Waals surface area contributed by atoms with Crippen molar-refractivity contribution in [2.75, 3.05) is 47.9 Å². The summed E-state index contributed by atoms with van der Waals surface area (Å²) in [6, 6.07) is -1.35. The summed E-state index contributed by atoms with van der Waals surface area (Å²) >= 11 is 0. The lowest BCUT2D eigenvalue weighted by atomic mass is 9.81. The maximum absolute atomic E-state index is 15.3. The molecule has 0 spiro atoms. The van der Waals surface area contributed by atoms with Crippen molar-refractivity contribution >= 4 is 53.5 Å². The zero-order chi connectivity index (χ0) is 59.4. The maximum Gasteiger partial charge on any atom is 0.514 e. The fourth-order valence-corrected chi connectivity index (χ4v) is 10.9. The van der Waals surface area contributed by atoms with Crippen molar-refractivity contribution < 1.29 is 105 Å². The Morgan fingerprint density at radius 1 is 0.800 bits per heavy atom. The van der Waals surface area contributed by atoms with Crippen LogP contribution in [-0.4, -0.2) is 177 Å². The number of Topliss-reactive ketones (excluding diaryl/α,β-unsaturated/α-hetero) is 2. The molecule has 3 aliphatic heterocycles. The second-order valence-electron chi connectivity index (χ2n) is 21.6. The lowest BCUT2D eigenvalue weighted by Crippen LogP contribution is -2.66. The maximum atomic E-state index is 15.3. The molecule has 0 aromatic carbocycles. The van der Waals surface area contributed by atoms with Crippen LogP contribution in [0.25, 0.3) is 0 Å². The molecule has 450 valence electrons. The third kappa shape index (κ3) is 19.3. The quantitative estimate of drug-likeness (QED) is 0.0592. The van der Waals surface area contributed by atoms with E-state index in [1.54, 1.807) is 19.9 Å². The van der Waals surface area contributed by atoms with E-state index in [0.29, 0.717) is 44.1 Å². The summed E-state index contributed by atoms with van der Waals surface area (Å²) in [4.78, 5) is 122. The number of aliphatic hydroxyl groups excluding tert-OH is 2. The van der Waals surface area contributed by atoms with E-state index in [4.69, 9.17) is 52.1 Å². The highest BCUT2D eigenvalue weighted by Gasteiger charge is 2.61. The van der Waals surface area contributed by atoms with Crippen molar-refractivity contribution in [2.45, 2.75) is 193 Å². The molecule has 4 aliphatic rings. The van der Waals surface area contributed by atoms with E-state index in [0.717, 1.165) is 24.3 Å². The molecule has 2 saturated heterocycles. The molecule has 1 aliphatic carbocycles. The van der Waals surface area contributed by atoms with Crippen LogP contribution in [0.2, 0.25) is 0 Å². The van der Waals surface area contributed by atoms with Crippen molar-refractivity contribution in [1.82, 2.24) is 4.90 Å².